The summed E-state index contributed by atoms with van der Waals surface area (Å²) in [6.45, 7) is 4.30. The van der Waals surface area contributed by atoms with Gasteiger partial charge in [0, 0.05) is 30.1 Å². The molecule has 164 valence electrons. The average Bonchev–Trinajstić information content (AvgIpc) is 3.27. The van der Waals surface area contributed by atoms with Gasteiger partial charge >= 0.3 is 0 Å². The van der Waals surface area contributed by atoms with Gasteiger partial charge in [-0.25, -0.2) is 9.97 Å². The molecule has 2 fully saturated rings. The van der Waals surface area contributed by atoms with Crippen molar-refractivity contribution in [2.75, 3.05) is 51.3 Å². The highest BCUT2D eigenvalue weighted by molar-refractivity contribution is 7.14. The molecule has 4 heterocycles. The van der Waals surface area contributed by atoms with E-state index in [0.29, 0.717) is 55.5 Å². The van der Waals surface area contributed by atoms with E-state index in [1.54, 1.807) is 5.38 Å². The van der Waals surface area contributed by atoms with E-state index in [-0.39, 0.29) is 12.0 Å². The summed E-state index contributed by atoms with van der Waals surface area (Å²) in [6.07, 6.45) is 2.01. The smallest absolute Gasteiger partial charge is 0.270 e. The topological polar surface area (TPSA) is 112 Å². The first-order chi connectivity index (χ1) is 15.2. The maximum Gasteiger partial charge on any atom is 0.270 e. The third-order valence-electron chi connectivity index (χ3n) is 5.34. The predicted octanol–water partition coefficient (Wildman–Crippen LogP) is 2.13. The van der Waals surface area contributed by atoms with Crippen LogP contribution in [0.2, 0.25) is 0 Å². The molecule has 2 aliphatic rings. The van der Waals surface area contributed by atoms with E-state index in [0.717, 1.165) is 31.6 Å². The number of anilines is 2. The van der Waals surface area contributed by atoms with E-state index < -0.39 is 0 Å². The van der Waals surface area contributed by atoms with Gasteiger partial charge in [0.2, 0.25) is 0 Å². The number of ether oxygens (including phenoxy) is 2. The lowest BCUT2D eigenvalue weighted by Gasteiger charge is -2.30. The fourth-order valence-corrected chi connectivity index (χ4v) is 4.48. The molecule has 2 aromatic rings. The summed E-state index contributed by atoms with van der Waals surface area (Å²) in [6, 6.07) is 8.13. The summed E-state index contributed by atoms with van der Waals surface area (Å²) in [4.78, 5) is 23.7. The summed E-state index contributed by atoms with van der Waals surface area (Å²) >= 11 is 1.36. The van der Waals surface area contributed by atoms with Crippen molar-refractivity contribution in [3.63, 3.8) is 0 Å². The zero-order valence-corrected chi connectivity index (χ0v) is 18.1. The molecule has 0 spiro atoms. The molecule has 2 saturated heterocycles. The molecule has 2 atom stereocenters. The van der Waals surface area contributed by atoms with E-state index >= 15 is 0 Å². The second-order valence-corrected chi connectivity index (χ2v) is 8.48. The van der Waals surface area contributed by atoms with E-state index in [1.807, 2.05) is 18.2 Å². The van der Waals surface area contributed by atoms with Gasteiger partial charge in [0.25, 0.3) is 5.91 Å². The highest BCUT2D eigenvalue weighted by atomic mass is 32.1. The quantitative estimate of drug-likeness (QED) is 0.627. The Balaban J connectivity index is 1.33. The molecule has 31 heavy (non-hydrogen) atoms. The molecule has 0 bridgehead atoms. The van der Waals surface area contributed by atoms with Crippen LogP contribution in [0.15, 0.2) is 23.6 Å². The van der Waals surface area contributed by atoms with Crippen molar-refractivity contribution in [3.05, 3.63) is 35.0 Å². The Morgan fingerprint density at radius 2 is 2.29 bits per heavy atom. The fraction of sp³-hybridized carbons (Fsp3) is 0.524. The number of nitrogens with one attached hydrogen (secondary N) is 2. The summed E-state index contributed by atoms with van der Waals surface area (Å²) in [7, 11) is 0. The molecule has 2 N–H and O–H groups in total. The van der Waals surface area contributed by atoms with E-state index in [4.69, 9.17) is 19.7 Å². The number of nitrogens with zero attached hydrogens (tertiary/aromatic N) is 4. The van der Waals surface area contributed by atoms with Crippen molar-refractivity contribution >= 4 is 28.2 Å². The summed E-state index contributed by atoms with van der Waals surface area (Å²) in [5.74, 6) is 0.774. The number of aromatic nitrogens is 2. The van der Waals surface area contributed by atoms with Crippen molar-refractivity contribution in [1.29, 1.82) is 5.26 Å². The molecule has 2 aliphatic heterocycles. The number of carbonyl (C=O) groups is 1. The second kappa shape index (κ2) is 10.6. The molecule has 4 rings (SSSR count). The van der Waals surface area contributed by atoms with Crippen LogP contribution >= 0.6 is 11.3 Å². The minimum Gasteiger partial charge on any atom is -0.376 e. The maximum absolute atomic E-state index is 12.4. The van der Waals surface area contributed by atoms with Crippen LogP contribution in [-0.2, 0) is 9.47 Å². The fourth-order valence-electron chi connectivity index (χ4n) is 3.79. The third kappa shape index (κ3) is 5.98. The first kappa shape index (κ1) is 21.6. The second-order valence-electron chi connectivity index (χ2n) is 7.62. The molecule has 1 amide bonds. The van der Waals surface area contributed by atoms with Crippen LogP contribution in [0.1, 0.15) is 34.9 Å². The minimum atomic E-state index is -0.236. The molecule has 2 aromatic heterocycles. The molecule has 0 unspecified atom stereocenters. The van der Waals surface area contributed by atoms with Gasteiger partial charge in [0.15, 0.2) is 5.13 Å². The van der Waals surface area contributed by atoms with Gasteiger partial charge in [-0.1, -0.05) is 6.07 Å². The van der Waals surface area contributed by atoms with Gasteiger partial charge in [0.1, 0.15) is 11.5 Å². The van der Waals surface area contributed by atoms with Crippen LogP contribution in [0.5, 0.6) is 0 Å². The van der Waals surface area contributed by atoms with Crippen LogP contribution in [-0.4, -0.2) is 72.9 Å². The third-order valence-corrected chi connectivity index (χ3v) is 6.09. The Hall–Kier alpha value is -2.58. The van der Waals surface area contributed by atoms with Gasteiger partial charge < -0.3 is 20.1 Å². The number of likely N-dealkylation sites (tertiary alicyclic amines) is 1. The van der Waals surface area contributed by atoms with Gasteiger partial charge in [-0.05, 0) is 31.5 Å². The molecule has 0 saturated carbocycles. The molecule has 0 radical (unpaired) electrons. The number of hydrogen-bond donors (Lipinski definition) is 2. The molecule has 0 aliphatic carbocycles. The standard InChI is InChI=1S/C21H26N6O3S/c22-6-8-27-7-2-3-15(12-27)17-4-1-5-19(24-17)26-21-25-18(14-31-21)20(28)23-11-16-13-29-9-10-30-16/h1,4-5,14-16H,2-3,7-13H2,(H,23,28)(H,24,25,26)/t15-,16-/m0/s1. The van der Waals surface area contributed by atoms with Crippen LogP contribution < -0.4 is 10.6 Å². The Kier molecular flexibility index (Phi) is 7.43. The van der Waals surface area contributed by atoms with Crippen LogP contribution in [0.3, 0.4) is 0 Å². The molecular formula is C21H26N6O3S. The number of piperidine rings is 1. The van der Waals surface area contributed by atoms with E-state index in [2.05, 4.69) is 26.6 Å². The highest BCUT2D eigenvalue weighted by Crippen LogP contribution is 2.27. The van der Waals surface area contributed by atoms with E-state index in [1.165, 1.54) is 11.3 Å². The first-order valence-corrected chi connectivity index (χ1v) is 11.4. The minimum absolute atomic E-state index is 0.121. The zero-order valence-electron chi connectivity index (χ0n) is 17.2. The summed E-state index contributed by atoms with van der Waals surface area (Å²) < 4.78 is 10.9. The molecule has 9 nitrogen and oxygen atoms in total. The molecule has 10 heteroatoms. The number of carbonyl (C=O) groups excluding carboxylic acids is 1. The number of pyridine rings is 1. The predicted molar refractivity (Wildman–Crippen MR) is 117 cm³/mol. The Morgan fingerprint density at radius 1 is 1.35 bits per heavy atom. The largest absolute Gasteiger partial charge is 0.376 e. The monoisotopic (exact) mass is 442 g/mol. The van der Waals surface area contributed by atoms with Crippen molar-refractivity contribution in [1.82, 2.24) is 20.2 Å². The van der Waals surface area contributed by atoms with Crippen molar-refractivity contribution < 1.29 is 14.3 Å². The SMILES string of the molecule is N#CCN1CCC[C@H](c2cccc(Nc3nc(C(=O)NC[C@H]4COCCO4)cs3)n2)C1. The van der Waals surface area contributed by atoms with Crippen molar-refractivity contribution in [2.45, 2.75) is 24.9 Å². The number of hydrogen-bond acceptors (Lipinski definition) is 9. The zero-order chi connectivity index (χ0) is 21.5. The van der Waals surface area contributed by atoms with Gasteiger partial charge in [-0.15, -0.1) is 11.3 Å². The van der Waals surface area contributed by atoms with Crippen LogP contribution in [0, 0.1) is 11.3 Å². The van der Waals surface area contributed by atoms with Crippen LogP contribution in [0.4, 0.5) is 10.9 Å². The van der Waals surface area contributed by atoms with Crippen molar-refractivity contribution in [3.8, 4) is 6.07 Å². The Morgan fingerprint density at radius 3 is 3.13 bits per heavy atom. The summed E-state index contributed by atoms with van der Waals surface area (Å²) in [5, 5.41) is 17.3. The van der Waals surface area contributed by atoms with Crippen LogP contribution in [0.25, 0.3) is 0 Å². The number of rotatable bonds is 7. The van der Waals surface area contributed by atoms with E-state index in [9.17, 15) is 4.79 Å². The number of nitriles is 1. The molecular weight excluding hydrogens is 416 g/mol. The van der Waals surface area contributed by atoms with Gasteiger partial charge in [0.05, 0.1) is 38.5 Å². The summed E-state index contributed by atoms with van der Waals surface area (Å²) in [5.41, 5.74) is 1.37. The number of amides is 1. The van der Waals surface area contributed by atoms with Gasteiger partial charge in [-0.2, -0.15) is 5.26 Å². The maximum atomic E-state index is 12.4. The molecule has 0 aromatic carbocycles. The first-order valence-electron chi connectivity index (χ1n) is 10.5. The number of thiazole rings is 1. The Bertz CT molecular complexity index is 924. The Labute approximate surface area is 185 Å². The lowest BCUT2D eigenvalue weighted by Crippen LogP contribution is -2.39. The normalized spacial score (nSPS) is 21.9. The average molecular weight is 443 g/mol. The highest BCUT2D eigenvalue weighted by Gasteiger charge is 2.22. The lowest BCUT2D eigenvalue weighted by atomic mass is 9.94. The lowest BCUT2D eigenvalue weighted by molar-refractivity contribution is -0.0855. The van der Waals surface area contributed by atoms with Gasteiger partial charge in [-0.3, -0.25) is 9.69 Å². The van der Waals surface area contributed by atoms with Crippen molar-refractivity contribution in [2.24, 2.45) is 0 Å².